The zero-order valence-corrected chi connectivity index (χ0v) is 14.0. The topological polar surface area (TPSA) is 0 Å². The van der Waals surface area contributed by atoms with Crippen molar-refractivity contribution in [1.82, 2.24) is 0 Å². The first-order valence-corrected chi connectivity index (χ1v) is 9.42. The quantitative estimate of drug-likeness (QED) is 0.507. The van der Waals surface area contributed by atoms with Crippen LogP contribution in [0.3, 0.4) is 0 Å². The van der Waals surface area contributed by atoms with Crippen molar-refractivity contribution in [2.75, 3.05) is 0 Å². The molecule has 0 aromatic carbocycles. The minimum Gasteiger partial charge on any atom is -0.102 e. The molecule has 0 nitrogen and oxygen atoms in total. The Morgan fingerprint density at radius 1 is 1.05 bits per heavy atom. The van der Waals surface area contributed by atoms with Crippen molar-refractivity contribution in [1.29, 1.82) is 0 Å². The average Bonchev–Trinajstić information content (AvgIpc) is 2.87. The van der Waals surface area contributed by atoms with Gasteiger partial charge in [-0.05, 0) is 79.4 Å². The fourth-order valence-electron chi connectivity index (χ4n) is 6.98. The van der Waals surface area contributed by atoms with Crippen LogP contribution in [-0.2, 0) is 0 Å². The molecular formula is C21H32. The van der Waals surface area contributed by atoms with Gasteiger partial charge >= 0.3 is 0 Å². The fraction of sp³-hybridized carbons (Fsp3) is 0.810. The molecule has 0 N–H and O–H groups in total. The van der Waals surface area contributed by atoms with Gasteiger partial charge in [0.25, 0.3) is 0 Å². The summed E-state index contributed by atoms with van der Waals surface area (Å²) in [6, 6.07) is 0. The Kier molecular flexibility index (Phi) is 3.18. The number of hydrogen-bond acceptors (Lipinski definition) is 0. The van der Waals surface area contributed by atoms with E-state index < -0.39 is 0 Å². The second-order valence-electron chi connectivity index (χ2n) is 9.00. The van der Waals surface area contributed by atoms with Crippen LogP contribution >= 0.6 is 0 Å². The number of allylic oxidation sites excluding steroid dienone is 3. The highest BCUT2D eigenvalue weighted by Gasteiger charge is 2.57. The van der Waals surface area contributed by atoms with E-state index in [1.165, 1.54) is 57.8 Å². The Labute approximate surface area is 131 Å². The van der Waals surface area contributed by atoms with Crippen LogP contribution in [0.25, 0.3) is 0 Å². The number of hydrogen-bond donors (Lipinski definition) is 0. The fourth-order valence-corrected chi connectivity index (χ4v) is 6.98. The van der Waals surface area contributed by atoms with E-state index in [-0.39, 0.29) is 0 Å². The molecule has 21 heavy (non-hydrogen) atoms. The van der Waals surface area contributed by atoms with Crippen molar-refractivity contribution >= 4 is 0 Å². The summed E-state index contributed by atoms with van der Waals surface area (Å²) >= 11 is 0. The molecule has 0 unspecified atom stereocenters. The first kappa shape index (κ1) is 14.1. The largest absolute Gasteiger partial charge is 0.102 e. The van der Waals surface area contributed by atoms with Gasteiger partial charge in [0.2, 0.25) is 0 Å². The third-order valence-corrected chi connectivity index (χ3v) is 8.17. The molecule has 4 aliphatic carbocycles. The maximum absolute atomic E-state index is 4.23. The third-order valence-electron chi connectivity index (χ3n) is 8.17. The van der Waals surface area contributed by atoms with Crippen LogP contribution in [0, 0.1) is 34.5 Å². The molecule has 4 rings (SSSR count). The van der Waals surface area contributed by atoms with E-state index in [9.17, 15) is 0 Å². The van der Waals surface area contributed by atoms with Gasteiger partial charge in [-0.15, -0.1) is 6.58 Å². The summed E-state index contributed by atoms with van der Waals surface area (Å²) in [6.07, 6.45) is 18.1. The Morgan fingerprint density at radius 2 is 1.90 bits per heavy atom. The molecule has 0 radical (unpaired) electrons. The monoisotopic (exact) mass is 284 g/mol. The number of rotatable bonds is 1. The summed E-state index contributed by atoms with van der Waals surface area (Å²) in [5.74, 6) is 3.47. The minimum absolute atomic E-state index is 0.534. The molecule has 6 atom stereocenters. The van der Waals surface area contributed by atoms with E-state index >= 15 is 0 Å². The lowest BCUT2D eigenvalue weighted by Crippen LogP contribution is -2.50. The molecule has 0 aliphatic heterocycles. The smallest absolute Gasteiger partial charge is 0.00192 e. The summed E-state index contributed by atoms with van der Waals surface area (Å²) < 4.78 is 0. The van der Waals surface area contributed by atoms with Crippen molar-refractivity contribution in [3.05, 3.63) is 24.3 Å². The minimum atomic E-state index is 0.534. The van der Waals surface area contributed by atoms with Crippen LogP contribution in [0.4, 0.5) is 0 Å². The second-order valence-corrected chi connectivity index (χ2v) is 9.00. The van der Waals surface area contributed by atoms with E-state index in [1.807, 2.05) is 0 Å². The van der Waals surface area contributed by atoms with E-state index in [0.29, 0.717) is 16.7 Å². The van der Waals surface area contributed by atoms with Crippen LogP contribution < -0.4 is 0 Å². The molecular weight excluding hydrogens is 252 g/mol. The van der Waals surface area contributed by atoms with Gasteiger partial charge in [-0.2, -0.15) is 0 Å². The van der Waals surface area contributed by atoms with Gasteiger partial charge in [-0.1, -0.05) is 44.4 Å². The Morgan fingerprint density at radius 3 is 2.71 bits per heavy atom. The van der Waals surface area contributed by atoms with Gasteiger partial charge in [0.15, 0.2) is 0 Å². The standard InChI is InChI=1S/C21H32/c1-4-15-14-16-8-5-6-12-21(16,3)18-10-13-20(2)11-7-9-17(20)19(15)18/h4,14-15,17-19H,1,5-13H2,2-3H3/t15-,17+,18+,19+,20+,21+/m1/s1. The van der Waals surface area contributed by atoms with Gasteiger partial charge < -0.3 is 0 Å². The predicted octanol–water partition coefficient (Wildman–Crippen LogP) is 6.14. The lowest BCUT2D eigenvalue weighted by Gasteiger charge is -2.58. The molecule has 3 saturated carbocycles. The molecule has 0 bridgehead atoms. The summed E-state index contributed by atoms with van der Waals surface area (Å²) in [7, 11) is 0. The molecule has 0 saturated heterocycles. The van der Waals surface area contributed by atoms with E-state index in [4.69, 9.17) is 0 Å². The number of fused-ring (bicyclic) bond motifs is 5. The molecule has 4 aliphatic rings. The SMILES string of the molecule is C=C[C@@H]1C=C2CCCC[C@]2(C)[C@H]2CC[C@]3(C)CCC[C@H]3[C@H]12. The lowest BCUT2D eigenvalue weighted by molar-refractivity contribution is -0.0396. The van der Waals surface area contributed by atoms with Crippen molar-refractivity contribution in [3.8, 4) is 0 Å². The highest BCUT2D eigenvalue weighted by molar-refractivity contribution is 5.28. The van der Waals surface area contributed by atoms with Crippen LogP contribution in [0.2, 0.25) is 0 Å². The van der Waals surface area contributed by atoms with Gasteiger partial charge in [0, 0.05) is 0 Å². The normalized spacial score (nSPS) is 52.4. The predicted molar refractivity (Wildman–Crippen MR) is 90.0 cm³/mol. The van der Waals surface area contributed by atoms with Crippen LogP contribution in [-0.4, -0.2) is 0 Å². The molecule has 0 spiro atoms. The van der Waals surface area contributed by atoms with Crippen molar-refractivity contribution in [2.24, 2.45) is 34.5 Å². The highest BCUT2D eigenvalue weighted by Crippen LogP contribution is 2.66. The first-order chi connectivity index (χ1) is 10.1. The molecule has 0 heterocycles. The zero-order chi connectivity index (χ0) is 14.7. The van der Waals surface area contributed by atoms with E-state index in [0.717, 1.165) is 17.8 Å². The van der Waals surface area contributed by atoms with Gasteiger partial charge in [0.1, 0.15) is 0 Å². The third kappa shape index (κ3) is 1.87. The van der Waals surface area contributed by atoms with Crippen molar-refractivity contribution in [2.45, 2.75) is 71.6 Å². The van der Waals surface area contributed by atoms with Crippen molar-refractivity contribution < 1.29 is 0 Å². The Balaban J connectivity index is 1.78. The van der Waals surface area contributed by atoms with Crippen LogP contribution in [0.15, 0.2) is 24.3 Å². The zero-order valence-electron chi connectivity index (χ0n) is 14.0. The summed E-state index contributed by atoms with van der Waals surface area (Å²) in [4.78, 5) is 0. The maximum atomic E-state index is 4.23. The van der Waals surface area contributed by atoms with Crippen LogP contribution in [0.5, 0.6) is 0 Å². The van der Waals surface area contributed by atoms with Gasteiger partial charge in [-0.25, -0.2) is 0 Å². The lowest BCUT2D eigenvalue weighted by atomic mass is 9.46. The molecule has 0 aromatic heterocycles. The van der Waals surface area contributed by atoms with Gasteiger partial charge in [0.05, 0.1) is 0 Å². The molecule has 0 heteroatoms. The van der Waals surface area contributed by atoms with E-state index in [1.54, 1.807) is 5.57 Å². The molecule has 0 aromatic rings. The molecule has 3 fully saturated rings. The van der Waals surface area contributed by atoms with Crippen molar-refractivity contribution in [3.63, 3.8) is 0 Å². The Bertz CT molecular complexity index is 472. The molecule has 116 valence electrons. The maximum Gasteiger partial charge on any atom is -0.00192 e. The summed E-state index contributed by atoms with van der Waals surface area (Å²) in [5, 5.41) is 0. The molecule has 0 amide bonds. The first-order valence-electron chi connectivity index (χ1n) is 9.42. The van der Waals surface area contributed by atoms with Gasteiger partial charge in [-0.3, -0.25) is 0 Å². The average molecular weight is 284 g/mol. The highest BCUT2D eigenvalue weighted by atomic mass is 14.6. The van der Waals surface area contributed by atoms with Crippen LogP contribution in [0.1, 0.15) is 71.6 Å². The second kappa shape index (κ2) is 4.74. The summed E-state index contributed by atoms with van der Waals surface area (Å²) in [6.45, 7) is 9.45. The summed E-state index contributed by atoms with van der Waals surface area (Å²) in [5.41, 5.74) is 2.99. The Hall–Kier alpha value is -0.520. The van der Waals surface area contributed by atoms with E-state index in [2.05, 4.69) is 32.6 Å².